The van der Waals surface area contributed by atoms with Crippen LogP contribution >= 0.6 is 0 Å². The number of nitrogens with one attached hydrogen (secondary N) is 2. The van der Waals surface area contributed by atoms with E-state index < -0.39 is 0 Å². The number of carbonyl (C=O) groups is 1. The van der Waals surface area contributed by atoms with Crippen LogP contribution in [0.1, 0.15) is 46.0 Å². The van der Waals surface area contributed by atoms with Gasteiger partial charge in [0.2, 0.25) is 5.91 Å². The predicted molar refractivity (Wildman–Crippen MR) is 71.2 cm³/mol. The first-order valence-corrected chi connectivity index (χ1v) is 7.15. The lowest BCUT2D eigenvalue weighted by Gasteiger charge is -2.36. The Labute approximate surface area is 110 Å². The summed E-state index contributed by atoms with van der Waals surface area (Å²) in [6, 6.07) is 0.225. The third kappa shape index (κ3) is 3.45. The molecule has 2 rings (SSSR count). The third-order valence-corrected chi connectivity index (χ3v) is 4.35. The standard InChI is InChI=1S/C14H26N2O2/c1-14(2)5-3-4-11(7-14)16-13(18)12-6-10(9-17)8-15-12/h10-12,15,17H,3-9H2,1-2H3,(H,16,18). The second-order valence-corrected chi connectivity index (χ2v) is 6.71. The van der Waals surface area contributed by atoms with Crippen LogP contribution in [0, 0.1) is 11.3 Å². The van der Waals surface area contributed by atoms with Crippen molar-refractivity contribution >= 4 is 5.91 Å². The Hall–Kier alpha value is -0.610. The molecule has 1 aliphatic heterocycles. The lowest BCUT2D eigenvalue weighted by Crippen LogP contribution is -2.47. The van der Waals surface area contributed by atoms with E-state index in [1.807, 2.05) is 0 Å². The second-order valence-electron chi connectivity index (χ2n) is 6.71. The van der Waals surface area contributed by atoms with Gasteiger partial charge in [0.25, 0.3) is 0 Å². The molecule has 3 N–H and O–H groups in total. The first kappa shape index (κ1) is 13.8. The summed E-state index contributed by atoms with van der Waals surface area (Å²) < 4.78 is 0. The number of hydrogen-bond donors (Lipinski definition) is 3. The molecule has 104 valence electrons. The van der Waals surface area contributed by atoms with E-state index in [-0.39, 0.29) is 24.5 Å². The van der Waals surface area contributed by atoms with E-state index in [0.717, 1.165) is 25.8 Å². The Balaban J connectivity index is 1.81. The van der Waals surface area contributed by atoms with E-state index >= 15 is 0 Å². The number of amides is 1. The quantitative estimate of drug-likeness (QED) is 0.705. The minimum Gasteiger partial charge on any atom is -0.396 e. The van der Waals surface area contributed by atoms with Gasteiger partial charge in [-0.3, -0.25) is 4.79 Å². The van der Waals surface area contributed by atoms with Gasteiger partial charge in [-0.1, -0.05) is 20.3 Å². The van der Waals surface area contributed by atoms with Gasteiger partial charge in [-0.05, 0) is 37.0 Å². The van der Waals surface area contributed by atoms with Crippen LogP contribution < -0.4 is 10.6 Å². The zero-order valence-corrected chi connectivity index (χ0v) is 11.5. The Morgan fingerprint density at radius 2 is 2.28 bits per heavy atom. The molecule has 1 heterocycles. The molecular weight excluding hydrogens is 228 g/mol. The molecule has 3 atom stereocenters. The molecule has 0 aromatic carbocycles. The molecule has 0 radical (unpaired) electrons. The maximum absolute atomic E-state index is 12.1. The minimum atomic E-state index is -0.104. The molecule has 2 aliphatic rings. The van der Waals surface area contributed by atoms with Crippen LogP contribution in [-0.2, 0) is 4.79 Å². The maximum atomic E-state index is 12.1. The van der Waals surface area contributed by atoms with E-state index in [2.05, 4.69) is 24.5 Å². The average molecular weight is 254 g/mol. The molecule has 4 heteroatoms. The van der Waals surface area contributed by atoms with Gasteiger partial charge in [0.15, 0.2) is 0 Å². The zero-order chi connectivity index (χ0) is 13.2. The maximum Gasteiger partial charge on any atom is 0.237 e. The van der Waals surface area contributed by atoms with Crippen LogP contribution in [0.5, 0.6) is 0 Å². The van der Waals surface area contributed by atoms with Crippen LogP contribution in [0.4, 0.5) is 0 Å². The lowest BCUT2D eigenvalue weighted by molar-refractivity contribution is -0.124. The molecule has 18 heavy (non-hydrogen) atoms. The fraction of sp³-hybridized carbons (Fsp3) is 0.929. The summed E-state index contributed by atoms with van der Waals surface area (Å²) in [6.45, 7) is 5.49. The summed E-state index contributed by atoms with van der Waals surface area (Å²) in [6.07, 6.45) is 5.40. The number of hydrogen-bond acceptors (Lipinski definition) is 3. The molecule has 3 unspecified atom stereocenters. The number of aliphatic hydroxyl groups excluding tert-OH is 1. The van der Waals surface area contributed by atoms with E-state index in [9.17, 15) is 4.79 Å². The molecule has 0 spiro atoms. The third-order valence-electron chi connectivity index (χ3n) is 4.35. The largest absolute Gasteiger partial charge is 0.396 e. The van der Waals surface area contributed by atoms with Crippen LogP contribution in [0.3, 0.4) is 0 Å². The smallest absolute Gasteiger partial charge is 0.237 e. The molecule has 1 amide bonds. The molecule has 0 aromatic rings. The normalized spacial score (nSPS) is 35.4. The lowest BCUT2D eigenvalue weighted by atomic mass is 9.75. The first-order valence-electron chi connectivity index (χ1n) is 7.15. The summed E-state index contributed by atoms with van der Waals surface area (Å²) >= 11 is 0. The SMILES string of the molecule is CC1(C)CCCC(NC(=O)C2CC(CO)CN2)C1. The first-order chi connectivity index (χ1) is 8.50. The van der Waals surface area contributed by atoms with Crippen molar-refractivity contribution < 1.29 is 9.90 Å². The molecule has 2 fully saturated rings. The fourth-order valence-electron chi connectivity index (χ4n) is 3.27. The van der Waals surface area contributed by atoms with Crippen LogP contribution in [0.25, 0.3) is 0 Å². The highest BCUT2D eigenvalue weighted by Crippen LogP contribution is 2.35. The van der Waals surface area contributed by atoms with Gasteiger partial charge in [0, 0.05) is 19.2 Å². The molecular formula is C14H26N2O2. The summed E-state index contributed by atoms with van der Waals surface area (Å²) in [5.74, 6) is 0.359. The number of aliphatic hydroxyl groups is 1. The number of rotatable bonds is 3. The van der Waals surface area contributed by atoms with Gasteiger partial charge in [0.05, 0.1) is 6.04 Å². The summed E-state index contributed by atoms with van der Waals surface area (Å²) in [4.78, 5) is 12.1. The highest BCUT2D eigenvalue weighted by Gasteiger charge is 2.33. The van der Waals surface area contributed by atoms with Gasteiger partial charge >= 0.3 is 0 Å². The van der Waals surface area contributed by atoms with Crippen molar-refractivity contribution in [3.05, 3.63) is 0 Å². The van der Waals surface area contributed by atoms with E-state index in [1.54, 1.807) is 0 Å². The van der Waals surface area contributed by atoms with Gasteiger partial charge < -0.3 is 15.7 Å². The summed E-state index contributed by atoms with van der Waals surface area (Å²) in [5, 5.41) is 15.5. The molecule has 1 aliphatic carbocycles. The minimum absolute atomic E-state index is 0.104. The number of carbonyl (C=O) groups excluding carboxylic acids is 1. The second kappa shape index (κ2) is 5.57. The Morgan fingerprint density at radius 3 is 2.89 bits per heavy atom. The molecule has 4 nitrogen and oxygen atoms in total. The van der Waals surface area contributed by atoms with Crippen molar-refractivity contribution in [1.29, 1.82) is 0 Å². The van der Waals surface area contributed by atoms with Gasteiger partial charge in [-0.25, -0.2) is 0 Å². The topological polar surface area (TPSA) is 61.4 Å². The average Bonchev–Trinajstić information content (AvgIpc) is 2.76. The summed E-state index contributed by atoms with van der Waals surface area (Å²) in [7, 11) is 0. The molecule has 1 saturated heterocycles. The van der Waals surface area contributed by atoms with Crippen molar-refractivity contribution in [3.8, 4) is 0 Å². The van der Waals surface area contributed by atoms with Crippen molar-refractivity contribution in [2.75, 3.05) is 13.2 Å². The van der Waals surface area contributed by atoms with Crippen LogP contribution in [-0.4, -0.2) is 36.2 Å². The Kier molecular flexibility index (Phi) is 4.28. The van der Waals surface area contributed by atoms with Crippen LogP contribution in [0.15, 0.2) is 0 Å². The van der Waals surface area contributed by atoms with E-state index in [0.29, 0.717) is 11.5 Å². The monoisotopic (exact) mass is 254 g/mol. The zero-order valence-electron chi connectivity index (χ0n) is 11.5. The molecule has 1 saturated carbocycles. The van der Waals surface area contributed by atoms with Crippen LogP contribution in [0.2, 0.25) is 0 Å². The van der Waals surface area contributed by atoms with Crippen molar-refractivity contribution in [2.45, 2.75) is 58.0 Å². The Morgan fingerprint density at radius 1 is 1.50 bits per heavy atom. The van der Waals surface area contributed by atoms with Crippen molar-refractivity contribution in [1.82, 2.24) is 10.6 Å². The predicted octanol–water partition coefficient (Wildman–Crippen LogP) is 1.04. The van der Waals surface area contributed by atoms with Crippen molar-refractivity contribution in [2.24, 2.45) is 11.3 Å². The van der Waals surface area contributed by atoms with Gasteiger partial charge in [-0.15, -0.1) is 0 Å². The fourth-order valence-corrected chi connectivity index (χ4v) is 3.27. The van der Waals surface area contributed by atoms with Gasteiger partial charge in [0.1, 0.15) is 0 Å². The highest BCUT2D eigenvalue weighted by molar-refractivity contribution is 5.82. The highest BCUT2D eigenvalue weighted by atomic mass is 16.3. The van der Waals surface area contributed by atoms with Gasteiger partial charge in [-0.2, -0.15) is 0 Å². The van der Waals surface area contributed by atoms with Crippen molar-refractivity contribution in [3.63, 3.8) is 0 Å². The molecule has 0 bridgehead atoms. The van der Waals surface area contributed by atoms with E-state index in [4.69, 9.17) is 5.11 Å². The Bertz CT molecular complexity index is 304. The van der Waals surface area contributed by atoms with E-state index in [1.165, 1.54) is 12.8 Å². The summed E-state index contributed by atoms with van der Waals surface area (Å²) in [5.41, 5.74) is 0.354. The molecule has 0 aromatic heterocycles.